The van der Waals surface area contributed by atoms with E-state index in [2.05, 4.69) is 30.0 Å². The van der Waals surface area contributed by atoms with Crippen molar-refractivity contribution in [1.82, 2.24) is 8.83 Å². The highest BCUT2D eigenvalue weighted by molar-refractivity contribution is 7.77. The van der Waals surface area contributed by atoms with E-state index in [-0.39, 0.29) is 0 Å². The van der Waals surface area contributed by atoms with Crippen LogP contribution in [-0.4, -0.2) is 36.2 Å². The van der Waals surface area contributed by atoms with E-state index in [0.717, 1.165) is 12.1 Å². The number of para-hydroxylation sites is 1. The highest BCUT2D eigenvalue weighted by Crippen LogP contribution is 2.37. The molecule has 1 aliphatic rings. The van der Waals surface area contributed by atoms with E-state index in [0.29, 0.717) is 35.6 Å². The number of nitrogens with zero attached hydrogens (tertiary/aromatic N) is 4. The highest BCUT2D eigenvalue weighted by atomic mass is 35.5. The van der Waals surface area contributed by atoms with E-state index in [9.17, 15) is 14.0 Å². The van der Waals surface area contributed by atoms with E-state index in [1.54, 1.807) is 6.07 Å². The summed E-state index contributed by atoms with van der Waals surface area (Å²) in [6, 6.07) is 18.0. The van der Waals surface area contributed by atoms with Crippen LogP contribution in [0.2, 0.25) is 0 Å². The van der Waals surface area contributed by atoms with E-state index in [1.165, 1.54) is 16.1 Å². The predicted molar refractivity (Wildman–Crippen MR) is 114 cm³/mol. The molecule has 0 radical (unpaired) electrons. The van der Waals surface area contributed by atoms with Gasteiger partial charge in [0, 0.05) is 31.4 Å². The topological polar surface area (TPSA) is 73.6 Å². The minimum absolute atomic E-state index is 0.476. The average molecular weight is 432 g/mol. The molecule has 0 bridgehead atoms. The minimum atomic E-state index is -2.71. The van der Waals surface area contributed by atoms with Gasteiger partial charge in [0.2, 0.25) is 0 Å². The van der Waals surface area contributed by atoms with Gasteiger partial charge in [0.25, 0.3) is 0 Å². The SMILES string of the molecule is Cc1ccccc1CN1CCC(C#N)(N(c2ccccc2C)N(Cl)S(=O)[O-])CC1. The fraction of sp³-hybridized carbons (Fsp3) is 0.381. The lowest BCUT2D eigenvalue weighted by Gasteiger charge is -2.48. The molecule has 0 amide bonds. The van der Waals surface area contributed by atoms with Crippen molar-refractivity contribution in [2.24, 2.45) is 0 Å². The number of rotatable bonds is 6. The molecule has 0 saturated carbocycles. The maximum Gasteiger partial charge on any atom is 0.147 e. The van der Waals surface area contributed by atoms with Crippen LogP contribution < -0.4 is 5.01 Å². The molecule has 29 heavy (non-hydrogen) atoms. The van der Waals surface area contributed by atoms with Crippen LogP contribution in [0.1, 0.15) is 29.5 Å². The Morgan fingerprint density at radius 2 is 1.72 bits per heavy atom. The van der Waals surface area contributed by atoms with Crippen molar-refractivity contribution in [1.29, 1.82) is 5.26 Å². The predicted octanol–water partition coefficient (Wildman–Crippen LogP) is 3.83. The number of nitriles is 1. The van der Waals surface area contributed by atoms with Gasteiger partial charge in [-0.3, -0.25) is 14.1 Å². The number of likely N-dealkylation sites (tertiary alicyclic amines) is 1. The molecule has 2 aromatic rings. The number of benzene rings is 2. The van der Waals surface area contributed by atoms with Gasteiger partial charge in [-0.25, -0.2) is 0 Å². The summed E-state index contributed by atoms with van der Waals surface area (Å²) in [5.41, 5.74) is 2.91. The van der Waals surface area contributed by atoms with Crippen LogP contribution >= 0.6 is 11.8 Å². The molecular weight excluding hydrogens is 408 g/mol. The first kappa shape index (κ1) is 21.8. The van der Waals surface area contributed by atoms with Crippen molar-refractivity contribution in [2.45, 2.75) is 38.8 Å². The van der Waals surface area contributed by atoms with Crippen molar-refractivity contribution in [3.05, 3.63) is 65.2 Å². The lowest BCUT2D eigenvalue weighted by atomic mass is 9.87. The number of halogens is 1. The molecule has 0 N–H and O–H groups in total. The molecule has 6 nitrogen and oxygen atoms in total. The van der Waals surface area contributed by atoms with E-state index >= 15 is 0 Å². The summed E-state index contributed by atoms with van der Waals surface area (Å²) in [4.78, 5) is 2.29. The van der Waals surface area contributed by atoms with Gasteiger partial charge in [0.1, 0.15) is 5.54 Å². The van der Waals surface area contributed by atoms with Crippen LogP contribution in [-0.2, 0) is 17.8 Å². The van der Waals surface area contributed by atoms with Crippen LogP contribution in [0.25, 0.3) is 0 Å². The molecule has 1 heterocycles. The third-order valence-corrected chi connectivity index (χ3v) is 6.47. The Hall–Kier alpha value is -1.95. The Balaban J connectivity index is 1.86. The summed E-state index contributed by atoms with van der Waals surface area (Å²) in [7, 11) is 0. The van der Waals surface area contributed by atoms with Crippen LogP contribution in [0, 0.1) is 25.2 Å². The Labute approximate surface area is 179 Å². The third-order valence-electron chi connectivity index (χ3n) is 5.58. The number of anilines is 1. The fourth-order valence-electron chi connectivity index (χ4n) is 3.81. The van der Waals surface area contributed by atoms with Crippen molar-refractivity contribution in [3.8, 4) is 6.07 Å². The zero-order valence-corrected chi connectivity index (χ0v) is 18.1. The van der Waals surface area contributed by atoms with Crippen LogP contribution in [0.4, 0.5) is 5.69 Å². The van der Waals surface area contributed by atoms with Gasteiger partial charge in [-0.1, -0.05) is 46.4 Å². The van der Waals surface area contributed by atoms with E-state index < -0.39 is 16.8 Å². The first-order valence-electron chi connectivity index (χ1n) is 9.47. The van der Waals surface area contributed by atoms with Gasteiger partial charge in [-0.15, -0.1) is 0 Å². The largest absolute Gasteiger partial charge is 0.757 e. The summed E-state index contributed by atoms with van der Waals surface area (Å²) in [5.74, 6) is 0. The van der Waals surface area contributed by atoms with Crippen molar-refractivity contribution >= 4 is 28.7 Å². The normalized spacial score (nSPS) is 17.7. The van der Waals surface area contributed by atoms with Gasteiger partial charge < -0.3 is 4.55 Å². The monoisotopic (exact) mass is 431 g/mol. The third kappa shape index (κ3) is 4.63. The molecule has 1 aliphatic heterocycles. The number of hydrogen-bond donors (Lipinski definition) is 0. The van der Waals surface area contributed by atoms with Crippen molar-refractivity contribution in [2.75, 3.05) is 18.1 Å². The van der Waals surface area contributed by atoms with Gasteiger partial charge in [0.05, 0.1) is 23.0 Å². The molecule has 0 spiro atoms. The first-order valence-corrected chi connectivity index (χ1v) is 10.8. The summed E-state index contributed by atoms with van der Waals surface area (Å²) in [6.07, 6.45) is 0.953. The Morgan fingerprint density at radius 1 is 1.14 bits per heavy atom. The quantitative estimate of drug-likeness (QED) is 0.394. The number of hydrazine groups is 1. The number of piperidine rings is 1. The van der Waals surface area contributed by atoms with Crippen molar-refractivity contribution in [3.63, 3.8) is 0 Å². The van der Waals surface area contributed by atoms with Gasteiger partial charge in [0.15, 0.2) is 0 Å². The number of aryl methyl sites for hydroxylation is 2. The Kier molecular flexibility index (Phi) is 6.93. The Morgan fingerprint density at radius 3 is 2.28 bits per heavy atom. The second kappa shape index (κ2) is 9.24. The molecule has 0 aliphatic carbocycles. The molecule has 1 fully saturated rings. The van der Waals surface area contributed by atoms with Crippen LogP contribution in [0.3, 0.4) is 0 Å². The van der Waals surface area contributed by atoms with Gasteiger partial charge in [-0.05, 0) is 49.4 Å². The highest BCUT2D eigenvalue weighted by Gasteiger charge is 2.44. The molecule has 1 saturated heterocycles. The van der Waals surface area contributed by atoms with Crippen LogP contribution in [0.15, 0.2) is 48.5 Å². The lowest BCUT2D eigenvalue weighted by Crippen LogP contribution is -2.59. The zero-order chi connectivity index (χ0) is 21.0. The van der Waals surface area contributed by atoms with Crippen molar-refractivity contribution < 1.29 is 8.76 Å². The smallest absolute Gasteiger partial charge is 0.147 e. The molecule has 0 aromatic heterocycles. The molecule has 1 unspecified atom stereocenters. The summed E-state index contributed by atoms with van der Waals surface area (Å²) in [5, 5.41) is 11.5. The second-order valence-electron chi connectivity index (χ2n) is 7.39. The van der Waals surface area contributed by atoms with E-state index in [4.69, 9.17) is 11.8 Å². The molecule has 8 heteroatoms. The second-order valence-corrected chi connectivity index (χ2v) is 8.69. The maximum absolute atomic E-state index is 11.7. The zero-order valence-electron chi connectivity index (χ0n) is 16.5. The lowest BCUT2D eigenvalue weighted by molar-refractivity contribution is 0.163. The standard InChI is InChI=1S/C21H25ClN4O2S/c1-17-7-3-5-9-19(17)15-24-13-11-21(16-23,12-14-24)25(26(22)29(27)28)20-10-6-4-8-18(20)2/h3-10H,11-15H2,1-2H3,(H,27,28)/p-1. The summed E-state index contributed by atoms with van der Waals surface area (Å²) >= 11 is 3.45. The summed E-state index contributed by atoms with van der Waals surface area (Å²) < 4.78 is 24.0. The molecule has 3 rings (SSSR count). The molecule has 2 aromatic carbocycles. The average Bonchev–Trinajstić information content (AvgIpc) is 2.72. The van der Waals surface area contributed by atoms with Crippen LogP contribution in [0.5, 0.6) is 0 Å². The number of hydrogen-bond acceptors (Lipinski definition) is 5. The first-order chi connectivity index (χ1) is 13.9. The van der Waals surface area contributed by atoms with Gasteiger partial charge >= 0.3 is 0 Å². The molecule has 154 valence electrons. The molecular formula is C21H24ClN4O2S-. The minimum Gasteiger partial charge on any atom is -0.757 e. The Bertz CT molecular complexity index is 925. The fourth-order valence-corrected chi connectivity index (χ4v) is 4.42. The van der Waals surface area contributed by atoms with E-state index in [1.807, 2.05) is 37.3 Å². The van der Waals surface area contributed by atoms with Gasteiger partial charge in [-0.2, -0.15) is 5.26 Å². The maximum atomic E-state index is 11.7. The summed E-state index contributed by atoms with van der Waals surface area (Å²) in [6.45, 7) is 6.10. The molecule has 1 atom stereocenters.